The highest BCUT2D eigenvalue weighted by Gasteiger charge is 2.36. The molecule has 200 valence electrons. The van der Waals surface area contributed by atoms with Crippen LogP contribution >= 0.6 is 0 Å². The normalized spacial score (nSPS) is 20.0. The van der Waals surface area contributed by atoms with Gasteiger partial charge < -0.3 is 20.2 Å². The molecule has 3 heterocycles. The molecule has 37 heavy (non-hydrogen) atoms. The molecule has 1 aromatic carbocycles. The molecule has 13 heteroatoms. The van der Waals surface area contributed by atoms with E-state index in [9.17, 15) is 23.1 Å². The molecule has 4 N–H and O–H groups in total. The van der Waals surface area contributed by atoms with Gasteiger partial charge in [0, 0.05) is 18.5 Å². The Bertz CT molecular complexity index is 1330. The van der Waals surface area contributed by atoms with Crippen molar-refractivity contribution >= 4 is 32.8 Å². The Hall–Kier alpha value is -3.29. The van der Waals surface area contributed by atoms with Crippen LogP contribution in [-0.4, -0.2) is 76.1 Å². The molecule has 1 aliphatic heterocycles. The standard InChI is InChI=1S/C24H32N6O6S/c1-14(2)11-18(27-23(33)21-12-16-7-4-5-9-20(16)36-21)22(32)26-17-8-6-10-30(13-19(17)31)37(34,35)24-25-15(3)28-29-24/h4-5,7,9,12,14,17-19,31H,6,8,10-11,13H2,1-3H3,(H,26,32)(H,27,33)(H,25,28,29)/t17?,18?,19-/m0/s1. The Morgan fingerprint density at radius 2 is 2.05 bits per heavy atom. The molecular weight excluding hydrogens is 500 g/mol. The number of hydrogen-bond acceptors (Lipinski definition) is 8. The first-order valence-electron chi connectivity index (χ1n) is 12.2. The van der Waals surface area contributed by atoms with Crippen LogP contribution in [0.3, 0.4) is 0 Å². The number of amides is 2. The monoisotopic (exact) mass is 532 g/mol. The largest absolute Gasteiger partial charge is 0.451 e. The zero-order valence-corrected chi connectivity index (χ0v) is 21.8. The van der Waals surface area contributed by atoms with Crippen LogP contribution in [0.25, 0.3) is 11.0 Å². The zero-order valence-electron chi connectivity index (χ0n) is 21.0. The van der Waals surface area contributed by atoms with E-state index in [0.29, 0.717) is 30.7 Å². The maximum atomic E-state index is 13.2. The van der Waals surface area contributed by atoms with Crippen LogP contribution in [-0.2, 0) is 14.8 Å². The van der Waals surface area contributed by atoms with Gasteiger partial charge in [0.25, 0.3) is 21.1 Å². The van der Waals surface area contributed by atoms with Crippen molar-refractivity contribution in [1.29, 1.82) is 0 Å². The third-order valence-corrected chi connectivity index (χ3v) is 7.89. The van der Waals surface area contributed by atoms with Crippen LogP contribution in [0.1, 0.15) is 49.5 Å². The number of rotatable bonds is 8. The topological polar surface area (TPSA) is 171 Å². The van der Waals surface area contributed by atoms with Crippen molar-refractivity contribution < 1.29 is 27.5 Å². The molecule has 0 saturated carbocycles. The maximum absolute atomic E-state index is 13.2. The molecule has 0 spiro atoms. The predicted octanol–water partition coefficient (Wildman–Crippen LogP) is 1.33. The lowest BCUT2D eigenvalue weighted by Gasteiger charge is -2.27. The molecule has 12 nitrogen and oxygen atoms in total. The van der Waals surface area contributed by atoms with E-state index >= 15 is 0 Å². The van der Waals surface area contributed by atoms with Gasteiger partial charge in [-0.1, -0.05) is 32.0 Å². The molecule has 3 aromatic rings. The summed E-state index contributed by atoms with van der Waals surface area (Å²) >= 11 is 0. The summed E-state index contributed by atoms with van der Waals surface area (Å²) in [6.45, 7) is 5.39. The molecule has 4 rings (SSSR count). The van der Waals surface area contributed by atoms with Crippen LogP contribution in [0.15, 0.2) is 39.9 Å². The van der Waals surface area contributed by atoms with Gasteiger partial charge in [-0.05, 0) is 44.2 Å². The number of furan rings is 1. The number of hydrogen-bond donors (Lipinski definition) is 4. The van der Waals surface area contributed by atoms with Gasteiger partial charge in [0.15, 0.2) is 5.76 Å². The third-order valence-electron chi connectivity index (χ3n) is 6.23. The van der Waals surface area contributed by atoms with Crippen LogP contribution in [0.4, 0.5) is 0 Å². The average Bonchev–Trinajstić information content (AvgIpc) is 3.43. The van der Waals surface area contributed by atoms with Gasteiger partial charge in [0.05, 0.1) is 12.1 Å². The Morgan fingerprint density at radius 3 is 2.73 bits per heavy atom. The number of H-pyrrole nitrogens is 1. The lowest BCUT2D eigenvalue weighted by atomic mass is 10.0. The van der Waals surface area contributed by atoms with E-state index in [0.717, 1.165) is 9.69 Å². The second-order valence-corrected chi connectivity index (χ2v) is 11.5. The molecular formula is C24H32N6O6S. The van der Waals surface area contributed by atoms with Crippen molar-refractivity contribution in [2.45, 2.75) is 63.4 Å². The second kappa shape index (κ2) is 11.0. The first-order chi connectivity index (χ1) is 17.5. The number of aliphatic hydroxyl groups is 1. The number of aromatic nitrogens is 3. The predicted molar refractivity (Wildman–Crippen MR) is 134 cm³/mol. The maximum Gasteiger partial charge on any atom is 0.287 e. The van der Waals surface area contributed by atoms with Crippen molar-refractivity contribution in [3.63, 3.8) is 0 Å². The van der Waals surface area contributed by atoms with E-state index in [2.05, 4.69) is 25.8 Å². The summed E-state index contributed by atoms with van der Waals surface area (Å²) in [5, 5.41) is 23.1. The number of nitrogens with one attached hydrogen (secondary N) is 3. The van der Waals surface area contributed by atoms with Crippen LogP contribution in [0.5, 0.6) is 0 Å². The summed E-state index contributed by atoms with van der Waals surface area (Å²) in [5.41, 5.74) is 0.568. The molecule has 2 aromatic heterocycles. The van der Waals surface area contributed by atoms with E-state index in [4.69, 9.17) is 4.42 Å². The summed E-state index contributed by atoms with van der Waals surface area (Å²) in [6.07, 6.45) is -0.0272. The van der Waals surface area contributed by atoms with E-state index in [1.165, 1.54) is 0 Å². The summed E-state index contributed by atoms with van der Waals surface area (Å²) in [4.78, 5) is 30.0. The van der Waals surface area contributed by atoms with Crippen molar-refractivity contribution in [2.75, 3.05) is 13.1 Å². The Kier molecular flexibility index (Phi) is 7.95. The van der Waals surface area contributed by atoms with Gasteiger partial charge >= 0.3 is 0 Å². The number of sulfonamides is 1. The molecule has 1 saturated heterocycles. The summed E-state index contributed by atoms with van der Waals surface area (Å²) in [7, 11) is -4.00. The molecule has 3 atom stereocenters. The van der Waals surface area contributed by atoms with Crippen molar-refractivity contribution in [1.82, 2.24) is 30.1 Å². The summed E-state index contributed by atoms with van der Waals surface area (Å²) < 4.78 is 32.6. The van der Waals surface area contributed by atoms with Crippen LogP contribution in [0, 0.1) is 12.8 Å². The molecule has 0 radical (unpaired) electrons. The third kappa shape index (κ3) is 6.17. The molecule has 2 amide bonds. The number of nitrogens with zero attached hydrogens (tertiary/aromatic N) is 3. The van der Waals surface area contributed by atoms with Gasteiger partial charge in [0.2, 0.25) is 5.91 Å². The van der Waals surface area contributed by atoms with E-state index in [1.54, 1.807) is 25.1 Å². The fraction of sp³-hybridized carbons (Fsp3) is 0.500. The molecule has 0 bridgehead atoms. The molecule has 1 aliphatic rings. The Balaban J connectivity index is 1.43. The van der Waals surface area contributed by atoms with Gasteiger partial charge in [-0.15, -0.1) is 5.10 Å². The lowest BCUT2D eigenvalue weighted by Crippen LogP contribution is -2.54. The number of aliphatic hydroxyl groups excluding tert-OH is 1. The van der Waals surface area contributed by atoms with Gasteiger partial charge in [0.1, 0.15) is 17.4 Å². The molecule has 0 aliphatic carbocycles. The SMILES string of the molecule is Cc1nc(S(=O)(=O)N2CCCC(NC(=O)C(CC(C)C)NC(=O)c3cc4ccccc4o3)[C@@H](O)C2)n[nH]1. The average molecular weight is 533 g/mol. The smallest absolute Gasteiger partial charge is 0.287 e. The minimum absolute atomic E-state index is 0.0937. The number of aryl methyl sites for hydroxylation is 1. The first kappa shape index (κ1) is 26.8. The highest BCUT2D eigenvalue weighted by molar-refractivity contribution is 7.88. The lowest BCUT2D eigenvalue weighted by molar-refractivity contribution is -0.125. The van der Waals surface area contributed by atoms with Crippen molar-refractivity contribution in [3.05, 3.63) is 41.9 Å². The highest BCUT2D eigenvalue weighted by Crippen LogP contribution is 2.21. The number of benzene rings is 1. The number of β-amino-alcohol motifs (C(OH)–C–C–N with tert-alkyl or cyclic N) is 1. The number of carbonyl (C=O) groups is 2. The zero-order chi connectivity index (χ0) is 26.7. The Labute approximate surface area is 214 Å². The summed E-state index contributed by atoms with van der Waals surface area (Å²) in [5.74, 6) is -0.419. The quantitative estimate of drug-likeness (QED) is 0.337. The van der Waals surface area contributed by atoms with Gasteiger partial charge in [-0.2, -0.15) is 4.31 Å². The van der Waals surface area contributed by atoms with Crippen molar-refractivity contribution in [2.24, 2.45) is 5.92 Å². The van der Waals surface area contributed by atoms with Crippen LogP contribution in [0.2, 0.25) is 0 Å². The number of carbonyl (C=O) groups excluding carboxylic acids is 2. The number of para-hydroxylation sites is 1. The molecule has 2 unspecified atom stereocenters. The van der Waals surface area contributed by atoms with Crippen molar-refractivity contribution in [3.8, 4) is 0 Å². The number of fused-ring (bicyclic) bond motifs is 1. The fourth-order valence-electron chi connectivity index (χ4n) is 4.36. The minimum atomic E-state index is -4.00. The fourth-order valence-corrected chi connectivity index (χ4v) is 5.72. The molecule has 1 fully saturated rings. The van der Waals surface area contributed by atoms with E-state index < -0.39 is 40.0 Å². The highest BCUT2D eigenvalue weighted by atomic mass is 32.2. The first-order valence-corrected chi connectivity index (χ1v) is 13.7. The minimum Gasteiger partial charge on any atom is -0.451 e. The van der Waals surface area contributed by atoms with E-state index in [-0.39, 0.29) is 29.9 Å². The second-order valence-electron chi connectivity index (χ2n) is 9.70. The summed E-state index contributed by atoms with van der Waals surface area (Å²) in [6, 6.07) is 7.28. The van der Waals surface area contributed by atoms with Crippen LogP contribution < -0.4 is 10.6 Å². The van der Waals surface area contributed by atoms with Gasteiger partial charge in [-0.3, -0.25) is 14.7 Å². The number of aromatic amines is 1. The van der Waals surface area contributed by atoms with E-state index in [1.807, 2.05) is 26.0 Å². The van der Waals surface area contributed by atoms with Gasteiger partial charge in [-0.25, -0.2) is 13.4 Å². The Morgan fingerprint density at radius 1 is 1.30 bits per heavy atom.